The zero-order chi connectivity index (χ0) is 12.8. The molecule has 0 atom stereocenters. The molecule has 90 valence electrons. The van der Waals surface area contributed by atoms with E-state index < -0.39 is 0 Å². The number of hydrogen-bond acceptors (Lipinski definition) is 3. The van der Waals surface area contributed by atoms with Crippen LogP contribution in [-0.2, 0) is 4.79 Å². The molecule has 0 fully saturated rings. The Morgan fingerprint density at radius 3 is 2.65 bits per heavy atom. The van der Waals surface area contributed by atoms with Crippen molar-refractivity contribution in [3.63, 3.8) is 0 Å². The van der Waals surface area contributed by atoms with Gasteiger partial charge in [0.05, 0.1) is 11.9 Å². The molecular weight excluding hydrogens is 214 g/mol. The summed E-state index contributed by atoms with van der Waals surface area (Å²) < 4.78 is 0. The third kappa shape index (κ3) is 3.52. The number of aromatic nitrogens is 1. The second kappa shape index (κ2) is 5.94. The van der Waals surface area contributed by atoms with E-state index in [4.69, 9.17) is 0 Å². The normalized spacial score (nSPS) is 11.4. The zero-order valence-electron chi connectivity index (χ0n) is 10.4. The summed E-state index contributed by atoms with van der Waals surface area (Å²) >= 11 is 0. The number of hydrogen-bond donors (Lipinski definition) is 1. The number of carbonyl (C=O) groups excluding carboxylic acids is 1. The predicted molar refractivity (Wildman–Crippen MR) is 70.5 cm³/mol. The minimum atomic E-state index is -0.276. The Morgan fingerprint density at radius 1 is 1.53 bits per heavy atom. The maximum Gasteiger partial charge on any atom is 0.273 e. The zero-order valence-corrected chi connectivity index (χ0v) is 10.4. The van der Waals surface area contributed by atoms with Crippen LogP contribution in [0.5, 0.6) is 0 Å². The van der Waals surface area contributed by atoms with Crippen LogP contribution in [0.3, 0.4) is 0 Å². The molecule has 1 aromatic heterocycles. The number of rotatable bonds is 4. The number of nitrogens with zero attached hydrogens (tertiary/aromatic N) is 2. The van der Waals surface area contributed by atoms with E-state index in [-0.39, 0.29) is 5.91 Å². The van der Waals surface area contributed by atoms with Gasteiger partial charge in [-0.15, -0.1) is 0 Å². The highest BCUT2D eigenvalue weighted by Gasteiger charge is 2.07. The smallest absolute Gasteiger partial charge is 0.273 e. The molecule has 4 heteroatoms. The maximum absolute atomic E-state index is 11.7. The van der Waals surface area contributed by atoms with Crippen LogP contribution in [0.1, 0.15) is 25.5 Å². The molecule has 1 amide bonds. The van der Waals surface area contributed by atoms with E-state index in [1.807, 2.05) is 12.1 Å². The van der Waals surface area contributed by atoms with Gasteiger partial charge in [0.25, 0.3) is 5.91 Å². The van der Waals surface area contributed by atoms with Gasteiger partial charge in [0, 0.05) is 12.7 Å². The third-order valence-corrected chi connectivity index (χ3v) is 2.30. The molecule has 0 saturated heterocycles. The van der Waals surface area contributed by atoms with Gasteiger partial charge in [-0.3, -0.25) is 14.8 Å². The molecule has 0 unspecified atom stereocenters. The van der Waals surface area contributed by atoms with Gasteiger partial charge in [0.2, 0.25) is 0 Å². The van der Waals surface area contributed by atoms with E-state index in [2.05, 4.69) is 35.7 Å². The molecule has 0 aliphatic heterocycles. The van der Waals surface area contributed by atoms with Crippen molar-refractivity contribution in [3.05, 3.63) is 36.7 Å². The molecule has 1 aromatic rings. The molecule has 1 N–H and O–H groups in total. The van der Waals surface area contributed by atoms with Gasteiger partial charge in [0.15, 0.2) is 0 Å². The van der Waals surface area contributed by atoms with Crippen molar-refractivity contribution >= 4 is 17.3 Å². The molecule has 0 saturated carbocycles. The molecule has 0 radical (unpaired) electrons. The molecule has 1 rings (SSSR count). The van der Waals surface area contributed by atoms with Crippen LogP contribution in [0.4, 0.5) is 5.69 Å². The summed E-state index contributed by atoms with van der Waals surface area (Å²) in [5.74, 6) is 0.0993. The fraction of sp³-hybridized carbons (Fsp3) is 0.308. The summed E-state index contributed by atoms with van der Waals surface area (Å²) in [6.45, 7) is 7.66. The van der Waals surface area contributed by atoms with Crippen molar-refractivity contribution < 1.29 is 4.79 Å². The molecule has 0 spiro atoms. The van der Waals surface area contributed by atoms with Crippen molar-refractivity contribution in [2.24, 2.45) is 4.99 Å². The van der Waals surface area contributed by atoms with E-state index in [1.165, 1.54) is 6.08 Å². The molecule has 17 heavy (non-hydrogen) atoms. The molecule has 0 aliphatic carbocycles. The van der Waals surface area contributed by atoms with Crippen molar-refractivity contribution in [1.82, 2.24) is 4.98 Å². The van der Waals surface area contributed by atoms with Crippen LogP contribution in [0, 0.1) is 0 Å². The topological polar surface area (TPSA) is 54.4 Å². The van der Waals surface area contributed by atoms with Gasteiger partial charge < -0.3 is 5.32 Å². The quantitative estimate of drug-likeness (QED) is 0.809. The number of nitrogens with one attached hydrogen (secondary N) is 1. The lowest BCUT2D eigenvalue weighted by Crippen LogP contribution is -2.21. The van der Waals surface area contributed by atoms with Crippen LogP contribution in [0.15, 0.2) is 36.0 Å². The number of amides is 1. The van der Waals surface area contributed by atoms with E-state index in [0.717, 1.165) is 5.69 Å². The molecule has 0 aliphatic rings. The minimum Gasteiger partial charge on any atom is -0.319 e. The van der Waals surface area contributed by atoms with E-state index in [9.17, 15) is 4.79 Å². The Morgan fingerprint density at radius 2 is 2.24 bits per heavy atom. The van der Waals surface area contributed by atoms with Crippen LogP contribution in [0.25, 0.3) is 0 Å². The fourth-order valence-corrected chi connectivity index (χ4v) is 1.30. The second-order valence-electron chi connectivity index (χ2n) is 3.89. The first kappa shape index (κ1) is 13.1. The van der Waals surface area contributed by atoms with Gasteiger partial charge in [-0.2, -0.15) is 0 Å². The highest BCUT2D eigenvalue weighted by atomic mass is 16.1. The Balaban J connectivity index is 2.76. The Labute approximate surface area is 101 Å². The van der Waals surface area contributed by atoms with E-state index in [0.29, 0.717) is 17.3 Å². The van der Waals surface area contributed by atoms with Gasteiger partial charge >= 0.3 is 0 Å². The van der Waals surface area contributed by atoms with Crippen molar-refractivity contribution in [1.29, 1.82) is 0 Å². The monoisotopic (exact) mass is 231 g/mol. The Hall–Kier alpha value is -1.97. The summed E-state index contributed by atoms with van der Waals surface area (Å²) in [5, 5.41) is 2.71. The predicted octanol–water partition coefficient (Wildman–Crippen LogP) is 2.40. The van der Waals surface area contributed by atoms with E-state index in [1.54, 1.807) is 13.2 Å². The Kier molecular flexibility index (Phi) is 4.57. The molecular formula is C13H17N3O. The molecule has 0 bridgehead atoms. The van der Waals surface area contributed by atoms with Crippen LogP contribution < -0.4 is 5.32 Å². The first-order valence-electron chi connectivity index (χ1n) is 5.45. The second-order valence-corrected chi connectivity index (χ2v) is 3.89. The largest absolute Gasteiger partial charge is 0.319 e. The number of carbonyl (C=O) groups is 1. The first-order valence-corrected chi connectivity index (χ1v) is 5.45. The average Bonchev–Trinajstić information content (AvgIpc) is 2.31. The van der Waals surface area contributed by atoms with Gasteiger partial charge in [-0.25, -0.2) is 0 Å². The molecule has 0 aromatic carbocycles. The number of aliphatic imine (C=N–C) groups is 1. The van der Waals surface area contributed by atoms with Gasteiger partial charge in [-0.05, 0) is 24.1 Å². The molecule has 4 nitrogen and oxygen atoms in total. The van der Waals surface area contributed by atoms with Crippen molar-refractivity contribution in [2.75, 3.05) is 12.4 Å². The summed E-state index contributed by atoms with van der Waals surface area (Å²) in [7, 11) is 1.55. The first-order chi connectivity index (χ1) is 8.08. The SMILES string of the molecule is C=CC(=NC)C(=O)Nc1ccc(C(C)C)nc1. The van der Waals surface area contributed by atoms with Crippen LogP contribution in [0.2, 0.25) is 0 Å². The number of anilines is 1. The van der Waals surface area contributed by atoms with Gasteiger partial charge in [0.1, 0.15) is 5.71 Å². The highest BCUT2D eigenvalue weighted by molar-refractivity contribution is 6.46. The minimum absolute atomic E-state index is 0.276. The lowest BCUT2D eigenvalue weighted by atomic mass is 10.1. The maximum atomic E-state index is 11.7. The van der Waals surface area contributed by atoms with Gasteiger partial charge in [-0.1, -0.05) is 20.4 Å². The standard InChI is InChI=1S/C13H17N3O/c1-5-11(14-4)13(17)16-10-6-7-12(9(2)3)15-8-10/h5-9H,1H2,2-4H3,(H,16,17). The summed E-state index contributed by atoms with van der Waals surface area (Å²) in [4.78, 5) is 19.7. The summed E-state index contributed by atoms with van der Waals surface area (Å²) in [6.07, 6.45) is 3.06. The summed E-state index contributed by atoms with van der Waals surface area (Å²) in [5.41, 5.74) is 1.96. The van der Waals surface area contributed by atoms with Crippen LogP contribution >= 0.6 is 0 Å². The third-order valence-electron chi connectivity index (χ3n) is 2.30. The number of pyridine rings is 1. The Bertz CT molecular complexity index is 432. The fourth-order valence-electron chi connectivity index (χ4n) is 1.30. The van der Waals surface area contributed by atoms with E-state index >= 15 is 0 Å². The summed E-state index contributed by atoms with van der Waals surface area (Å²) in [6, 6.07) is 3.73. The van der Waals surface area contributed by atoms with Crippen molar-refractivity contribution in [2.45, 2.75) is 19.8 Å². The van der Waals surface area contributed by atoms with Crippen LogP contribution in [-0.4, -0.2) is 23.7 Å². The highest BCUT2D eigenvalue weighted by Crippen LogP contribution is 2.13. The lowest BCUT2D eigenvalue weighted by Gasteiger charge is -2.07. The molecule has 1 heterocycles. The average molecular weight is 231 g/mol. The lowest BCUT2D eigenvalue weighted by molar-refractivity contribution is -0.110. The van der Waals surface area contributed by atoms with Crippen molar-refractivity contribution in [3.8, 4) is 0 Å².